The molecule has 0 aliphatic carbocycles. The molecule has 0 aliphatic heterocycles. The number of hydrogen-bond donors (Lipinski definition) is 0. The normalized spacial score (nSPS) is 12.1. The van der Waals surface area contributed by atoms with Crippen LogP contribution < -0.4 is 0 Å². The summed E-state index contributed by atoms with van der Waals surface area (Å²) < 4.78 is 5.45. The average Bonchev–Trinajstić information content (AvgIpc) is 2.22. The van der Waals surface area contributed by atoms with E-state index >= 15 is 0 Å². The zero-order chi connectivity index (χ0) is 12.6. The van der Waals surface area contributed by atoms with E-state index in [2.05, 4.69) is 6.92 Å². The summed E-state index contributed by atoms with van der Waals surface area (Å²) in [5.41, 5.74) is -0.131. The molecule has 0 spiro atoms. The van der Waals surface area contributed by atoms with Crippen molar-refractivity contribution in [2.75, 3.05) is 6.61 Å². The molecule has 0 rings (SSSR count). The van der Waals surface area contributed by atoms with Crippen LogP contribution in [0.25, 0.3) is 0 Å². The molecular formula is C14H28O2. The van der Waals surface area contributed by atoms with E-state index in [-0.39, 0.29) is 5.41 Å². The van der Waals surface area contributed by atoms with Crippen LogP contribution in [0.1, 0.15) is 66.7 Å². The van der Waals surface area contributed by atoms with Gasteiger partial charge < -0.3 is 4.74 Å². The Hall–Kier alpha value is -0.370. The van der Waals surface area contributed by atoms with Gasteiger partial charge in [0.15, 0.2) is 0 Å². The molecule has 2 heteroatoms. The van der Waals surface area contributed by atoms with E-state index in [4.69, 9.17) is 4.74 Å². The van der Waals surface area contributed by atoms with Crippen molar-refractivity contribution in [3.63, 3.8) is 0 Å². The van der Waals surface area contributed by atoms with E-state index in [0.717, 1.165) is 38.7 Å². The highest BCUT2D eigenvalue weighted by Gasteiger charge is 2.23. The molecule has 16 heavy (non-hydrogen) atoms. The standard InChI is InChI=1S/C14H28O2/c1-6-14(4,5)13(15)10-8-7-9-11-16-12(2)3/h12H,6-11H2,1-5H3. The minimum absolute atomic E-state index is 0.131. The lowest BCUT2D eigenvalue weighted by molar-refractivity contribution is -0.127. The molecule has 0 fully saturated rings. The molecule has 2 nitrogen and oxygen atoms in total. The minimum atomic E-state index is -0.131. The third-order valence-electron chi connectivity index (χ3n) is 3.14. The maximum atomic E-state index is 11.8. The largest absolute Gasteiger partial charge is 0.379 e. The second-order valence-corrected chi connectivity index (χ2v) is 5.39. The molecule has 0 amide bonds. The molecule has 96 valence electrons. The summed E-state index contributed by atoms with van der Waals surface area (Å²) >= 11 is 0. The molecule has 0 atom stereocenters. The molecule has 0 aromatic rings. The topological polar surface area (TPSA) is 26.3 Å². The van der Waals surface area contributed by atoms with Gasteiger partial charge in [-0.15, -0.1) is 0 Å². The summed E-state index contributed by atoms with van der Waals surface area (Å²) in [5, 5.41) is 0. The first-order valence-corrected chi connectivity index (χ1v) is 6.55. The van der Waals surface area contributed by atoms with Crippen molar-refractivity contribution in [1.82, 2.24) is 0 Å². The summed E-state index contributed by atoms with van der Waals surface area (Å²) in [6, 6.07) is 0. The first-order chi connectivity index (χ1) is 7.40. The fourth-order valence-electron chi connectivity index (χ4n) is 1.42. The number of unbranched alkanes of at least 4 members (excludes halogenated alkanes) is 2. The second-order valence-electron chi connectivity index (χ2n) is 5.39. The monoisotopic (exact) mass is 228 g/mol. The Labute approximate surface area is 101 Å². The Balaban J connectivity index is 3.49. The van der Waals surface area contributed by atoms with E-state index in [1.54, 1.807) is 0 Å². The lowest BCUT2D eigenvalue weighted by atomic mass is 9.83. The van der Waals surface area contributed by atoms with Gasteiger partial charge in [-0.1, -0.05) is 27.2 Å². The quantitative estimate of drug-likeness (QED) is 0.558. The Bertz CT molecular complexity index is 195. The van der Waals surface area contributed by atoms with Crippen LogP contribution in [-0.4, -0.2) is 18.5 Å². The molecule has 0 N–H and O–H groups in total. The molecule has 0 aromatic heterocycles. The molecule has 0 aliphatic rings. The molecule has 0 heterocycles. The zero-order valence-corrected chi connectivity index (χ0v) is 11.6. The first kappa shape index (κ1) is 15.6. The van der Waals surface area contributed by atoms with Crippen molar-refractivity contribution in [3.8, 4) is 0 Å². The summed E-state index contributed by atoms with van der Waals surface area (Å²) in [7, 11) is 0. The molecule has 0 unspecified atom stereocenters. The average molecular weight is 228 g/mol. The van der Waals surface area contributed by atoms with Gasteiger partial charge in [0, 0.05) is 18.4 Å². The van der Waals surface area contributed by atoms with E-state index in [9.17, 15) is 4.79 Å². The molecular weight excluding hydrogens is 200 g/mol. The maximum absolute atomic E-state index is 11.8. The van der Waals surface area contributed by atoms with Crippen molar-refractivity contribution < 1.29 is 9.53 Å². The Morgan fingerprint density at radius 3 is 2.31 bits per heavy atom. The summed E-state index contributed by atoms with van der Waals surface area (Å²) in [6.45, 7) is 11.1. The third-order valence-corrected chi connectivity index (χ3v) is 3.14. The van der Waals surface area contributed by atoms with Gasteiger partial charge >= 0.3 is 0 Å². The van der Waals surface area contributed by atoms with Crippen molar-refractivity contribution in [3.05, 3.63) is 0 Å². The van der Waals surface area contributed by atoms with Gasteiger partial charge in [0.1, 0.15) is 5.78 Å². The summed E-state index contributed by atoms with van der Waals surface area (Å²) in [5.74, 6) is 0.403. The maximum Gasteiger partial charge on any atom is 0.138 e. The number of carbonyl (C=O) groups excluding carboxylic acids is 1. The number of ether oxygens (including phenoxy) is 1. The van der Waals surface area contributed by atoms with Gasteiger partial charge in [-0.2, -0.15) is 0 Å². The lowest BCUT2D eigenvalue weighted by Gasteiger charge is -2.20. The number of hydrogen-bond acceptors (Lipinski definition) is 2. The van der Waals surface area contributed by atoms with Crippen LogP contribution in [0, 0.1) is 5.41 Å². The molecule has 0 aromatic carbocycles. The number of rotatable bonds is 9. The predicted molar refractivity (Wildman–Crippen MR) is 68.6 cm³/mol. The first-order valence-electron chi connectivity index (χ1n) is 6.55. The van der Waals surface area contributed by atoms with E-state index < -0.39 is 0 Å². The van der Waals surface area contributed by atoms with Gasteiger partial charge in [-0.05, 0) is 33.1 Å². The molecule has 0 bridgehead atoms. The molecule has 0 radical (unpaired) electrons. The molecule has 0 saturated heterocycles. The van der Waals surface area contributed by atoms with Gasteiger partial charge in [-0.3, -0.25) is 4.79 Å². The highest BCUT2D eigenvalue weighted by atomic mass is 16.5. The smallest absolute Gasteiger partial charge is 0.138 e. The Morgan fingerprint density at radius 2 is 1.81 bits per heavy atom. The SMILES string of the molecule is CCC(C)(C)C(=O)CCCCCOC(C)C. The third kappa shape index (κ3) is 7.00. The number of ketones is 1. The van der Waals surface area contributed by atoms with Crippen LogP contribution in [0.15, 0.2) is 0 Å². The van der Waals surface area contributed by atoms with Crippen molar-refractivity contribution >= 4 is 5.78 Å². The Kier molecular flexibility index (Phi) is 7.65. The van der Waals surface area contributed by atoms with Crippen LogP contribution in [0.2, 0.25) is 0 Å². The van der Waals surface area contributed by atoms with Crippen LogP contribution in [0.5, 0.6) is 0 Å². The van der Waals surface area contributed by atoms with Crippen LogP contribution in [0.3, 0.4) is 0 Å². The fourth-order valence-corrected chi connectivity index (χ4v) is 1.42. The number of carbonyl (C=O) groups is 1. The van der Waals surface area contributed by atoms with Gasteiger partial charge in [0.2, 0.25) is 0 Å². The second kappa shape index (κ2) is 7.83. The van der Waals surface area contributed by atoms with E-state index in [0.29, 0.717) is 11.9 Å². The predicted octanol–water partition coefficient (Wildman–Crippen LogP) is 3.98. The summed E-state index contributed by atoms with van der Waals surface area (Å²) in [6.07, 6.45) is 5.14. The minimum Gasteiger partial charge on any atom is -0.379 e. The van der Waals surface area contributed by atoms with Crippen molar-refractivity contribution in [1.29, 1.82) is 0 Å². The number of Topliss-reactive ketones (excluding diaryl/α,β-unsaturated/α-hetero) is 1. The molecule has 0 saturated carbocycles. The van der Waals surface area contributed by atoms with Crippen molar-refractivity contribution in [2.45, 2.75) is 72.8 Å². The highest BCUT2D eigenvalue weighted by molar-refractivity contribution is 5.83. The van der Waals surface area contributed by atoms with Crippen LogP contribution in [-0.2, 0) is 9.53 Å². The van der Waals surface area contributed by atoms with Crippen LogP contribution in [0.4, 0.5) is 0 Å². The van der Waals surface area contributed by atoms with E-state index in [1.165, 1.54) is 0 Å². The Morgan fingerprint density at radius 1 is 1.19 bits per heavy atom. The fraction of sp³-hybridized carbons (Fsp3) is 0.929. The summed E-state index contributed by atoms with van der Waals surface area (Å²) in [4.78, 5) is 11.8. The van der Waals surface area contributed by atoms with Gasteiger partial charge in [-0.25, -0.2) is 0 Å². The van der Waals surface area contributed by atoms with Crippen LogP contribution >= 0.6 is 0 Å². The highest BCUT2D eigenvalue weighted by Crippen LogP contribution is 2.23. The lowest BCUT2D eigenvalue weighted by Crippen LogP contribution is -2.22. The van der Waals surface area contributed by atoms with E-state index in [1.807, 2.05) is 27.7 Å². The van der Waals surface area contributed by atoms with Gasteiger partial charge in [0.25, 0.3) is 0 Å². The van der Waals surface area contributed by atoms with Crippen molar-refractivity contribution in [2.24, 2.45) is 5.41 Å². The zero-order valence-electron chi connectivity index (χ0n) is 11.6. The van der Waals surface area contributed by atoms with Gasteiger partial charge in [0.05, 0.1) is 6.10 Å².